The van der Waals surface area contributed by atoms with Crippen molar-refractivity contribution in [3.8, 4) is 0 Å². The van der Waals surface area contributed by atoms with Crippen LogP contribution < -0.4 is 5.73 Å². The number of aromatic carboxylic acids is 1. The summed E-state index contributed by atoms with van der Waals surface area (Å²) in [5, 5.41) is 8.88. The van der Waals surface area contributed by atoms with Crippen LogP contribution in [0, 0.1) is 13.8 Å². The summed E-state index contributed by atoms with van der Waals surface area (Å²) < 4.78 is 0. The van der Waals surface area contributed by atoms with Gasteiger partial charge in [-0.15, -0.1) is 0 Å². The molecule has 0 heterocycles. The lowest BCUT2D eigenvalue weighted by atomic mass is 9.96. The molecular weight excluding hydrogens is 190 g/mol. The molecular formula is C12H17NO2. The van der Waals surface area contributed by atoms with Crippen molar-refractivity contribution in [3.05, 3.63) is 34.4 Å². The molecule has 0 unspecified atom stereocenters. The van der Waals surface area contributed by atoms with E-state index in [2.05, 4.69) is 0 Å². The molecule has 0 radical (unpaired) electrons. The lowest BCUT2D eigenvalue weighted by Gasteiger charge is -2.10. The van der Waals surface area contributed by atoms with Crippen molar-refractivity contribution in [2.24, 2.45) is 5.73 Å². The number of benzene rings is 1. The fourth-order valence-electron chi connectivity index (χ4n) is 1.79. The largest absolute Gasteiger partial charge is 0.478 e. The average molecular weight is 207 g/mol. The highest BCUT2D eigenvalue weighted by molar-refractivity contribution is 5.88. The number of carboxylic acids is 1. The van der Waals surface area contributed by atoms with Gasteiger partial charge in [0, 0.05) is 0 Å². The predicted octanol–water partition coefficient (Wildman–Crippen LogP) is 1.89. The van der Waals surface area contributed by atoms with Crippen LogP contribution in [-0.2, 0) is 6.42 Å². The minimum absolute atomic E-state index is 0.362. The van der Waals surface area contributed by atoms with E-state index in [0.29, 0.717) is 12.1 Å². The van der Waals surface area contributed by atoms with Gasteiger partial charge < -0.3 is 10.8 Å². The van der Waals surface area contributed by atoms with Gasteiger partial charge in [-0.05, 0) is 62.1 Å². The van der Waals surface area contributed by atoms with Gasteiger partial charge in [-0.2, -0.15) is 0 Å². The lowest BCUT2D eigenvalue weighted by molar-refractivity contribution is 0.0696. The number of carbonyl (C=O) groups is 1. The molecule has 0 saturated heterocycles. The van der Waals surface area contributed by atoms with Crippen LogP contribution in [0.2, 0.25) is 0 Å². The normalized spacial score (nSPS) is 10.3. The van der Waals surface area contributed by atoms with Gasteiger partial charge in [-0.25, -0.2) is 4.79 Å². The first kappa shape index (κ1) is 11.7. The van der Waals surface area contributed by atoms with E-state index in [1.165, 1.54) is 5.56 Å². The third-order valence-corrected chi connectivity index (χ3v) is 2.57. The SMILES string of the molecule is Cc1cc(C(=O)O)cc(C)c1CCCN. The first-order valence-corrected chi connectivity index (χ1v) is 5.09. The van der Waals surface area contributed by atoms with E-state index in [0.717, 1.165) is 24.0 Å². The smallest absolute Gasteiger partial charge is 0.335 e. The lowest BCUT2D eigenvalue weighted by Crippen LogP contribution is -2.05. The third kappa shape index (κ3) is 2.80. The van der Waals surface area contributed by atoms with Crippen molar-refractivity contribution in [2.45, 2.75) is 26.7 Å². The predicted molar refractivity (Wildman–Crippen MR) is 60.3 cm³/mol. The van der Waals surface area contributed by atoms with Gasteiger partial charge in [0.15, 0.2) is 0 Å². The van der Waals surface area contributed by atoms with Crippen LogP contribution in [0.1, 0.15) is 33.5 Å². The Morgan fingerprint density at radius 3 is 2.27 bits per heavy atom. The molecule has 0 saturated carbocycles. The molecule has 0 bridgehead atoms. The second-order valence-corrected chi connectivity index (χ2v) is 3.79. The fraction of sp³-hybridized carbons (Fsp3) is 0.417. The Morgan fingerprint density at radius 2 is 1.87 bits per heavy atom. The Balaban J connectivity index is 3.04. The summed E-state index contributed by atoms with van der Waals surface area (Å²) in [4.78, 5) is 10.8. The maximum absolute atomic E-state index is 10.8. The molecule has 0 amide bonds. The summed E-state index contributed by atoms with van der Waals surface area (Å²) in [6, 6.07) is 3.45. The van der Waals surface area contributed by atoms with Gasteiger partial charge in [0.25, 0.3) is 0 Å². The topological polar surface area (TPSA) is 63.3 Å². The molecule has 82 valence electrons. The van der Waals surface area contributed by atoms with Crippen LogP contribution in [0.3, 0.4) is 0 Å². The van der Waals surface area contributed by atoms with Gasteiger partial charge in [-0.1, -0.05) is 0 Å². The molecule has 1 aromatic carbocycles. The maximum atomic E-state index is 10.8. The van der Waals surface area contributed by atoms with E-state index in [1.807, 2.05) is 13.8 Å². The highest BCUT2D eigenvalue weighted by Crippen LogP contribution is 2.18. The Labute approximate surface area is 89.9 Å². The third-order valence-electron chi connectivity index (χ3n) is 2.57. The Bertz CT molecular complexity index is 349. The zero-order valence-corrected chi connectivity index (χ0v) is 9.21. The molecule has 0 spiro atoms. The molecule has 1 aromatic rings. The van der Waals surface area contributed by atoms with Crippen LogP contribution in [0.5, 0.6) is 0 Å². The molecule has 3 nitrogen and oxygen atoms in total. The van der Waals surface area contributed by atoms with Gasteiger partial charge in [-0.3, -0.25) is 0 Å². The standard InChI is InChI=1S/C12H17NO2/c1-8-6-10(12(14)15)7-9(2)11(8)4-3-5-13/h6-7H,3-5,13H2,1-2H3,(H,14,15). The van der Waals surface area contributed by atoms with Crippen molar-refractivity contribution >= 4 is 5.97 Å². The zero-order chi connectivity index (χ0) is 11.4. The van der Waals surface area contributed by atoms with Gasteiger partial charge in [0.1, 0.15) is 0 Å². The van der Waals surface area contributed by atoms with Crippen molar-refractivity contribution < 1.29 is 9.90 Å². The molecule has 0 atom stereocenters. The molecule has 3 N–H and O–H groups in total. The summed E-state index contributed by atoms with van der Waals surface area (Å²) in [5.74, 6) is -0.869. The average Bonchev–Trinajstić information content (AvgIpc) is 2.16. The minimum atomic E-state index is -0.869. The Kier molecular flexibility index (Phi) is 3.86. The minimum Gasteiger partial charge on any atom is -0.478 e. The molecule has 0 aliphatic rings. The van der Waals surface area contributed by atoms with E-state index in [-0.39, 0.29) is 0 Å². The summed E-state index contributed by atoms with van der Waals surface area (Å²) >= 11 is 0. The van der Waals surface area contributed by atoms with E-state index >= 15 is 0 Å². The highest BCUT2D eigenvalue weighted by Gasteiger charge is 2.08. The van der Waals surface area contributed by atoms with E-state index in [9.17, 15) is 4.79 Å². The van der Waals surface area contributed by atoms with Crippen LogP contribution >= 0.6 is 0 Å². The van der Waals surface area contributed by atoms with Crippen molar-refractivity contribution in [2.75, 3.05) is 6.54 Å². The van der Waals surface area contributed by atoms with E-state index < -0.39 is 5.97 Å². The quantitative estimate of drug-likeness (QED) is 0.792. The summed E-state index contributed by atoms with van der Waals surface area (Å²) in [6.07, 6.45) is 1.86. The Hall–Kier alpha value is -1.35. The maximum Gasteiger partial charge on any atom is 0.335 e. The van der Waals surface area contributed by atoms with Crippen molar-refractivity contribution in [3.63, 3.8) is 0 Å². The first-order valence-electron chi connectivity index (χ1n) is 5.09. The second-order valence-electron chi connectivity index (χ2n) is 3.79. The highest BCUT2D eigenvalue weighted by atomic mass is 16.4. The number of hydrogen-bond donors (Lipinski definition) is 2. The molecule has 0 aromatic heterocycles. The summed E-state index contributed by atoms with van der Waals surface area (Å²) in [7, 11) is 0. The van der Waals surface area contributed by atoms with Crippen LogP contribution in [-0.4, -0.2) is 17.6 Å². The summed E-state index contributed by atoms with van der Waals surface area (Å²) in [5.41, 5.74) is 9.14. The van der Waals surface area contributed by atoms with Crippen LogP contribution in [0.15, 0.2) is 12.1 Å². The molecule has 3 heteroatoms. The first-order chi connectivity index (χ1) is 7.06. The van der Waals surface area contributed by atoms with E-state index in [1.54, 1.807) is 12.1 Å². The number of hydrogen-bond acceptors (Lipinski definition) is 2. The van der Waals surface area contributed by atoms with Crippen molar-refractivity contribution in [1.82, 2.24) is 0 Å². The molecule has 15 heavy (non-hydrogen) atoms. The number of rotatable bonds is 4. The number of nitrogens with two attached hydrogens (primary N) is 1. The molecule has 0 aliphatic carbocycles. The molecule has 0 fully saturated rings. The number of aryl methyl sites for hydroxylation is 2. The van der Waals surface area contributed by atoms with E-state index in [4.69, 9.17) is 10.8 Å². The fourth-order valence-corrected chi connectivity index (χ4v) is 1.79. The zero-order valence-electron chi connectivity index (χ0n) is 9.21. The second kappa shape index (κ2) is 4.94. The van der Waals surface area contributed by atoms with Gasteiger partial charge in [0.2, 0.25) is 0 Å². The monoisotopic (exact) mass is 207 g/mol. The van der Waals surface area contributed by atoms with Crippen molar-refractivity contribution in [1.29, 1.82) is 0 Å². The summed E-state index contributed by atoms with van der Waals surface area (Å²) in [6.45, 7) is 4.57. The van der Waals surface area contributed by atoms with Crippen LogP contribution in [0.25, 0.3) is 0 Å². The van der Waals surface area contributed by atoms with Crippen LogP contribution in [0.4, 0.5) is 0 Å². The molecule has 0 aliphatic heterocycles. The Morgan fingerprint density at radius 1 is 1.33 bits per heavy atom. The molecule has 1 rings (SSSR count). The van der Waals surface area contributed by atoms with Gasteiger partial charge in [0.05, 0.1) is 5.56 Å². The van der Waals surface area contributed by atoms with Gasteiger partial charge >= 0.3 is 5.97 Å². The number of carboxylic acid groups (broad SMARTS) is 1.